The van der Waals surface area contributed by atoms with Gasteiger partial charge in [0.25, 0.3) is 0 Å². The zero-order valence-corrected chi connectivity index (χ0v) is 14.0. The minimum Gasteiger partial charge on any atom is -0.450 e. The Morgan fingerprint density at radius 3 is 2.29 bits per heavy atom. The van der Waals surface area contributed by atoms with Crippen LogP contribution in [0.25, 0.3) is 0 Å². The molecular formula is C17H35NO3. The summed E-state index contributed by atoms with van der Waals surface area (Å²) in [6.07, 6.45) is 11.2. The van der Waals surface area contributed by atoms with Crippen molar-refractivity contribution >= 4 is 6.09 Å². The fourth-order valence-electron chi connectivity index (χ4n) is 2.21. The molecule has 0 saturated heterocycles. The van der Waals surface area contributed by atoms with Gasteiger partial charge in [-0.1, -0.05) is 58.8 Å². The third-order valence-corrected chi connectivity index (χ3v) is 3.61. The molecule has 4 heteroatoms. The third-order valence-electron chi connectivity index (χ3n) is 3.61. The summed E-state index contributed by atoms with van der Waals surface area (Å²) >= 11 is 0. The first-order valence-electron chi connectivity index (χ1n) is 8.79. The molecule has 0 rings (SSSR count). The van der Waals surface area contributed by atoms with Crippen molar-refractivity contribution < 1.29 is 14.6 Å². The Morgan fingerprint density at radius 1 is 0.952 bits per heavy atom. The topological polar surface area (TPSA) is 58.6 Å². The van der Waals surface area contributed by atoms with Crippen molar-refractivity contribution in [1.29, 1.82) is 0 Å². The molecule has 0 aliphatic rings. The van der Waals surface area contributed by atoms with E-state index < -0.39 is 0 Å². The SMILES string of the molecule is CCCCCCCCNC(=O)OCCCC(O)CCCC. The van der Waals surface area contributed by atoms with Crippen molar-refractivity contribution in [3.8, 4) is 0 Å². The van der Waals surface area contributed by atoms with Crippen LogP contribution in [0.5, 0.6) is 0 Å². The minimum absolute atomic E-state index is 0.250. The average molecular weight is 301 g/mol. The minimum atomic E-state index is -0.327. The van der Waals surface area contributed by atoms with Gasteiger partial charge in [-0.3, -0.25) is 0 Å². The highest BCUT2D eigenvalue weighted by Gasteiger charge is 2.05. The van der Waals surface area contributed by atoms with Gasteiger partial charge in [-0.05, 0) is 25.7 Å². The molecule has 0 aromatic carbocycles. The molecule has 0 aliphatic carbocycles. The van der Waals surface area contributed by atoms with Crippen LogP contribution < -0.4 is 5.32 Å². The lowest BCUT2D eigenvalue weighted by molar-refractivity contribution is 0.119. The summed E-state index contributed by atoms with van der Waals surface area (Å²) in [5.41, 5.74) is 0. The average Bonchev–Trinajstić information content (AvgIpc) is 2.48. The Morgan fingerprint density at radius 2 is 1.57 bits per heavy atom. The summed E-state index contributed by atoms with van der Waals surface area (Å²) in [4.78, 5) is 11.4. The molecule has 0 aromatic rings. The fourth-order valence-corrected chi connectivity index (χ4v) is 2.21. The molecule has 4 nitrogen and oxygen atoms in total. The van der Waals surface area contributed by atoms with Crippen LogP contribution in [0.2, 0.25) is 0 Å². The Kier molecular flexibility index (Phi) is 15.0. The zero-order valence-electron chi connectivity index (χ0n) is 14.0. The highest BCUT2D eigenvalue weighted by molar-refractivity contribution is 5.66. The first kappa shape index (κ1) is 20.2. The molecule has 0 radical (unpaired) electrons. The highest BCUT2D eigenvalue weighted by atomic mass is 16.5. The van der Waals surface area contributed by atoms with Crippen LogP contribution in [0.1, 0.15) is 84.5 Å². The molecule has 0 aromatic heterocycles. The van der Waals surface area contributed by atoms with Crippen LogP contribution in [-0.4, -0.2) is 30.5 Å². The van der Waals surface area contributed by atoms with Crippen LogP contribution in [-0.2, 0) is 4.74 Å². The standard InChI is InChI=1S/C17H35NO3/c1-3-5-7-8-9-10-14-18-17(20)21-15-11-13-16(19)12-6-4-2/h16,19H,3-15H2,1-2H3,(H,18,20). The van der Waals surface area contributed by atoms with E-state index in [-0.39, 0.29) is 12.2 Å². The predicted molar refractivity (Wildman–Crippen MR) is 87.5 cm³/mol. The lowest BCUT2D eigenvalue weighted by Crippen LogP contribution is -2.25. The van der Waals surface area contributed by atoms with Crippen molar-refractivity contribution in [2.24, 2.45) is 0 Å². The lowest BCUT2D eigenvalue weighted by Gasteiger charge is -2.10. The van der Waals surface area contributed by atoms with E-state index in [1.54, 1.807) is 0 Å². The number of rotatable bonds is 14. The van der Waals surface area contributed by atoms with E-state index in [4.69, 9.17) is 4.74 Å². The van der Waals surface area contributed by atoms with Crippen molar-refractivity contribution in [2.75, 3.05) is 13.2 Å². The first-order chi connectivity index (χ1) is 10.2. The summed E-state index contributed by atoms with van der Waals surface area (Å²) in [5.74, 6) is 0. The van der Waals surface area contributed by atoms with Crippen LogP contribution >= 0.6 is 0 Å². The van der Waals surface area contributed by atoms with E-state index in [2.05, 4.69) is 19.2 Å². The summed E-state index contributed by atoms with van der Waals surface area (Å²) in [6, 6.07) is 0. The monoisotopic (exact) mass is 301 g/mol. The van der Waals surface area contributed by atoms with Crippen molar-refractivity contribution in [1.82, 2.24) is 5.32 Å². The van der Waals surface area contributed by atoms with E-state index >= 15 is 0 Å². The number of alkyl carbamates (subject to hydrolysis) is 1. The Labute approximate surface area is 130 Å². The Bertz CT molecular complexity index is 234. The molecule has 0 saturated carbocycles. The van der Waals surface area contributed by atoms with Crippen molar-refractivity contribution in [2.45, 2.75) is 90.6 Å². The number of carbonyl (C=O) groups excluding carboxylic acids is 1. The second-order valence-electron chi connectivity index (χ2n) is 5.77. The molecule has 126 valence electrons. The van der Waals surface area contributed by atoms with Gasteiger partial charge >= 0.3 is 6.09 Å². The number of aliphatic hydroxyl groups excluding tert-OH is 1. The van der Waals surface area contributed by atoms with Crippen LogP contribution in [0.4, 0.5) is 4.79 Å². The maximum atomic E-state index is 11.4. The lowest BCUT2D eigenvalue weighted by atomic mass is 10.1. The molecule has 1 unspecified atom stereocenters. The third kappa shape index (κ3) is 15.4. The Hall–Kier alpha value is -0.770. The molecule has 21 heavy (non-hydrogen) atoms. The van der Waals surface area contributed by atoms with Gasteiger partial charge in [0.2, 0.25) is 0 Å². The number of nitrogens with one attached hydrogen (secondary N) is 1. The summed E-state index contributed by atoms with van der Waals surface area (Å²) in [5, 5.41) is 12.4. The van der Waals surface area contributed by atoms with Crippen LogP contribution in [0.15, 0.2) is 0 Å². The van der Waals surface area contributed by atoms with E-state index in [0.717, 1.165) is 32.1 Å². The predicted octanol–water partition coefficient (Wildman–Crippen LogP) is 4.40. The van der Waals surface area contributed by atoms with Gasteiger partial charge in [0.05, 0.1) is 12.7 Å². The van der Waals surface area contributed by atoms with E-state index in [1.807, 2.05) is 0 Å². The largest absolute Gasteiger partial charge is 0.450 e. The number of unbranched alkanes of at least 4 members (excludes halogenated alkanes) is 6. The highest BCUT2D eigenvalue weighted by Crippen LogP contribution is 2.06. The van der Waals surface area contributed by atoms with Crippen LogP contribution in [0, 0.1) is 0 Å². The number of carbonyl (C=O) groups is 1. The van der Waals surface area contributed by atoms with Crippen LogP contribution in [0.3, 0.4) is 0 Å². The molecule has 0 aliphatic heterocycles. The quantitative estimate of drug-likeness (QED) is 0.467. The smallest absolute Gasteiger partial charge is 0.407 e. The summed E-state index contributed by atoms with van der Waals surface area (Å²) < 4.78 is 5.08. The number of aliphatic hydroxyl groups is 1. The molecular weight excluding hydrogens is 266 g/mol. The van der Waals surface area contributed by atoms with E-state index in [0.29, 0.717) is 19.6 Å². The first-order valence-corrected chi connectivity index (χ1v) is 8.79. The molecule has 1 amide bonds. The van der Waals surface area contributed by atoms with Gasteiger partial charge in [-0.15, -0.1) is 0 Å². The van der Waals surface area contributed by atoms with Gasteiger partial charge in [0.1, 0.15) is 0 Å². The van der Waals surface area contributed by atoms with E-state index in [9.17, 15) is 9.90 Å². The fraction of sp³-hybridized carbons (Fsp3) is 0.941. The molecule has 2 N–H and O–H groups in total. The normalized spacial score (nSPS) is 12.1. The second-order valence-corrected chi connectivity index (χ2v) is 5.77. The van der Waals surface area contributed by atoms with Gasteiger partial charge in [0, 0.05) is 6.54 Å². The van der Waals surface area contributed by atoms with Gasteiger partial charge < -0.3 is 15.2 Å². The number of ether oxygens (including phenoxy) is 1. The van der Waals surface area contributed by atoms with Gasteiger partial charge in [-0.2, -0.15) is 0 Å². The number of hydrogen-bond acceptors (Lipinski definition) is 3. The summed E-state index contributed by atoms with van der Waals surface area (Å²) in [6.45, 7) is 5.42. The molecule has 0 heterocycles. The maximum absolute atomic E-state index is 11.4. The zero-order chi connectivity index (χ0) is 15.8. The van der Waals surface area contributed by atoms with Gasteiger partial charge in [-0.25, -0.2) is 4.79 Å². The molecule has 0 spiro atoms. The number of hydrogen-bond donors (Lipinski definition) is 2. The molecule has 1 atom stereocenters. The van der Waals surface area contributed by atoms with Crippen molar-refractivity contribution in [3.05, 3.63) is 0 Å². The molecule has 0 bridgehead atoms. The Balaban J connectivity index is 3.27. The number of amides is 1. The van der Waals surface area contributed by atoms with Crippen molar-refractivity contribution in [3.63, 3.8) is 0 Å². The van der Waals surface area contributed by atoms with E-state index in [1.165, 1.54) is 32.1 Å². The maximum Gasteiger partial charge on any atom is 0.407 e. The summed E-state index contributed by atoms with van der Waals surface area (Å²) in [7, 11) is 0. The second kappa shape index (κ2) is 15.6. The molecule has 0 fully saturated rings. The van der Waals surface area contributed by atoms with Gasteiger partial charge in [0.15, 0.2) is 0 Å².